The first-order valence-corrected chi connectivity index (χ1v) is 17.9. The number of carbonyl (C=O) groups is 4. The molecule has 54 heavy (non-hydrogen) atoms. The minimum Gasteiger partial charge on any atom is -0.387 e. The summed E-state index contributed by atoms with van der Waals surface area (Å²) in [5.74, 6) is -2.88. The highest BCUT2D eigenvalue weighted by molar-refractivity contribution is 5.95. The highest BCUT2D eigenvalue weighted by atomic mass is 16.5. The van der Waals surface area contributed by atoms with Gasteiger partial charge in [-0.2, -0.15) is 0 Å². The van der Waals surface area contributed by atoms with Crippen molar-refractivity contribution in [2.75, 3.05) is 14.1 Å². The third-order valence-corrected chi connectivity index (χ3v) is 9.53. The fraction of sp³-hybridized carbons (Fsp3) is 0.333. The van der Waals surface area contributed by atoms with E-state index in [1.54, 1.807) is 123 Å². The molecule has 0 saturated heterocycles. The van der Waals surface area contributed by atoms with Gasteiger partial charge in [-0.25, -0.2) is 0 Å². The van der Waals surface area contributed by atoms with Crippen molar-refractivity contribution in [2.24, 2.45) is 0 Å². The zero-order valence-corrected chi connectivity index (χ0v) is 31.0. The molecule has 0 saturated carbocycles. The summed E-state index contributed by atoms with van der Waals surface area (Å²) in [6.07, 6.45) is -7.56. The van der Waals surface area contributed by atoms with Crippen LogP contribution in [0.2, 0.25) is 0 Å². The van der Waals surface area contributed by atoms with E-state index in [2.05, 4.69) is 21.3 Å². The molecule has 0 aromatic heterocycles. The van der Waals surface area contributed by atoms with Crippen LogP contribution in [-0.2, 0) is 52.9 Å². The second-order valence-corrected chi connectivity index (χ2v) is 12.8. The molecule has 6 N–H and O–H groups in total. The van der Waals surface area contributed by atoms with Gasteiger partial charge in [0.25, 0.3) is 11.8 Å². The number of ether oxygens (including phenoxy) is 2. The Labute approximate surface area is 316 Å². The molecule has 4 amide bonds. The minimum atomic E-state index is -2.08. The van der Waals surface area contributed by atoms with Gasteiger partial charge in [-0.15, -0.1) is 0 Å². The molecule has 0 fully saturated rings. The summed E-state index contributed by atoms with van der Waals surface area (Å²) < 4.78 is 12.1. The SMILES string of the molecule is CCC(NC(=O)C(OCc1ccccc1)C(O)C(O)C(OCc1ccccc1)C(=O)NC(CC)(C(=O)NC)c1ccccc1)(C(=O)NC)c1ccccc1. The van der Waals surface area contributed by atoms with E-state index in [1.165, 1.54) is 14.1 Å². The summed E-state index contributed by atoms with van der Waals surface area (Å²) in [6.45, 7) is 3.12. The van der Waals surface area contributed by atoms with E-state index in [4.69, 9.17) is 9.47 Å². The van der Waals surface area contributed by atoms with Gasteiger partial charge >= 0.3 is 0 Å². The topological polar surface area (TPSA) is 175 Å². The maximum Gasteiger partial charge on any atom is 0.253 e. The number of hydrogen-bond donors (Lipinski definition) is 6. The molecular formula is C42H50N4O8. The largest absolute Gasteiger partial charge is 0.387 e. The lowest BCUT2D eigenvalue weighted by Gasteiger charge is -2.37. The van der Waals surface area contributed by atoms with Crippen LogP contribution >= 0.6 is 0 Å². The van der Waals surface area contributed by atoms with E-state index >= 15 is 0 Å². The van der Waals surface area contributed by atoms with Crippen molar-refractivity contribution in [1.29, 1.82) is 0 Å². The van der Waals surface area contributed by atoms with Crippen LogP contribution in [0.1, 0.15) is 48.9 Å². The van der Waals surface area contributed by atoms with Gasteiger partial charge in [0.15, 0.2) is 12.2 Å². The molecule has 4 rings (SSSR count). The van der Waals surface area contributed by atoms with Gasteiger partial charge in [-0.3, -0.25) is 19.2 Å². The fourth-order valence-electron chi connectivity index (χ4n) is 6.40. The van der Waals surface area contributed by atoms with Crippen LogP contribution in [-0.4, -0.2) is 72.4 Å². The Morgan fingerprint density at radius 1 is 0.537 bits per heavy atom. The molecule has 0 aliphatic heterocycles. The van der Waals surface area contributed by atoms with Crippen molar-refractivity contribution in [1.82, 2.24) is 21.3 Å². The second-order valence-electron chi connectivity index (χ2n) is 12.8. The second kappa shape index (κ2) is 19.6. The molecule has 0 radical (unpaired) electrons. The number of nitrogens with one attached hydrogen (secondary N) is 4. The highest BCUT2D eigenvalue weighted by Gasteiger charge is 2.47. The Morgan fingerprint density at radius 2 is 0.833 bits per heavy atom. The first kappa shape index (κ1) is 41.4. The first-order valence-electron chi connectivity index (χ1n) is 17.9. The quantitative estimate of drug-likeness (QED) is 0.0851. The molecule has 0 aliphatic rings. The summed E-state index contributed by atoms with van der Waals surface area (Å²) in [4.78, 5) is 55.7. The van der Waals surface area contributed by atoms with Gasteiger partial charge < -0.3 is 41.0 Å². The third kappa shape index (κ3) is 9.57. The normalized spacial score (nSPS) is 15.6. The summed E-state index contributed by atoms with van der Waals surface area (Å²) in [5.41, 5.74) is -0.904. The molecular weight excluding hydrogens is 688 g/mol. The van der Waals surface area contributed by atoms with Crippen LogP contribution < -0.4 is 21.3 Å². The van der Waals surface area contributed by atoms with Crippen LogP contribution in [0.15, 0.2) is 121 Å². The van der Waals surface area contributed by atoms with E-state index in [0.717, 1.165) is 0 Å². The van der Waals surface area contributed by atoms with Gasteiger partial charge in [0, 0.05) is 14.1 Å². The Bertz CT molecular complexity index is 1670. The molecule has 4 aromatic carbocycles. The number of carbonyl (C=O) groups excluding carboxylic acids is 4. The average molecular weight is 739 g/mol. The number of likely N-dealkylation sites (N-methyl/N-ethyl adjacent to an activating group) is 2. The number of benzene rings is 4. The molecule has 0 bridgehead atoms. The van der Waals surface area contributed by atoms with E-state index in [-0.39, 0.29) is 26.1 Å². The fourth-order valence-corrected chi connectivity index (χ4v) is 6.40. The maximum absolute atomic E-state index is 14.4. The lowest BCUT2D eigenvalue weighted by molar-refractivity contribution is -0.173. The zero-order chi connectivity index (χ0) is 39.1. The van der Waals surface area contributed by atoms with Crippen LogP contribution in [0.3, 0.4) is 0 Å². The van der Waals surface area contributed by atoms with Crippen molar-refractivity contribution >= 4 is 23.6 Å². The number of rotatable bonds is 19. The predicted octanol–water partition coefficient (Wildman–Crippen LogP) is 3.21. The van der Waals surface area contributed by atoms with E-state index < -0.39 is 59.1 Å². The van der Waals surface area contributed by atoms with Crippen molar-refractivity contribution < 1.29 is 38.9 Å². The van der Waals surface area contributed by atoms with Gasteiger partial charge in [-0.1, -0.05) is 135 Å². The lowest BCUT2D eigenvalue weighted by Crippen LogP contribution is -2.63. The number of amides is 4. The Hall–Kier alpha value is -5.40. The number of aliphatic hydroxyl groups is 2. The predicted molar refractivity (Wildman–Crippen MR) is 203 cm³/mol. The standard InChI is InChI=1S/C42H50N4O8/c1-5-41(39(51)43-3,31-23-15-9-16-24-31)45-37(49)35(53-27-29-19-11-7-12-20-29)33(47)34(48)36(54-28-30-21-13-8-14-22-30)38(50)46-42(6-2,40(52)44-4)32-25-17-10-18-26-32/h7-26,33-36,47-48H,5-6,27-28H2,1-4H3,(H,43,51)(H,44,52)(H,45,49)(H,46,50). The van der Waals surface area contributed by atoms with E-state index in [1.807, 2.05) is 12.1 Å². The van der Waals surface area contributed by atoms with E-state index in [9.17, 15) is 29.4 Å². The van der Waals surface area contributed by atoms with Gasteiger partial charge in [-0.05, 0) is 35.1 Å². The molecule has 0 aliphatic carbocycles. The Morgan fingerprint density at radius 3 is 1.11 bits per heavy atom. The van der Waals surface area contributed by atoms with Crippen molar-refractivity contribution in [2.45, 2.75) is 75.4 Å². The van der Waals surface area contributed by atoms with Gasteiger partial charge in [0.05, 0.1) is 13.2 Å². The molecule has 6 atom stereocenters. The summed E-state index contributed by atoms with van der Waals surface area (Å²) in [5, 5.41) is 34.7. The Balaban J connectivity index is 1.75. The molecule has 286 valence electrons. The molecule has 12 nitrogen and oxygen atoms in total. The molecule has 4 aromatic rings. The molecule has 0 spiro atoms. The smallest absolute Gasteiger partial charge is 0.253 e. The monoisotopic (exact) mass is 738 g/mol. The van der Waals surface area contributed by atoms with Crippen LogP contribution in [0, 0.1) is 0 Å². The van der Waals surface area contributed by atoms with E-state index in [0.29, 0.717) is 22.3 Å². The Kier molecular flexibility index (Phi) is 15.0. The first-order chi connectivity index (χ1) is 26.1. The minimum absolute atomic E-state index is 0.121. The molecule has 12 heteroatoms. The molecule has 6 unspecified atom stereocenters. The van der Waals surface area contributed by atoms with Gasteiger partial charge in [0.1, 0.15) is 23.3 Å². The highest BCUT2D eigenvalue weighted by Crippen LogP contribution is 2.29. The van der Waals surface area contributed by atoms with Crippen LogP contribution in [0.5, 0.6) is 0 Å². The van der Waals surface area contributed by atoms with Crippen molar-refractivity contribution in [3.8, 4) is 0 Å². The summed E-state index contributed by atoms with van der Waals surface area (Å²) >= 11 is 0. The average Bonchev–Trinajstić information content (AvgIpc) is 3.22. The van der Waals surface area contributed by atoms with Crippen molar-refractivity contribution in [3.63, 3.8) is 0 Å². The maximum atomic E-state index is 14.4. The summed E-state index contributed by atoms with van der Waals surface area (Å²) in [6, 6.07) is 35.0. The number of aliphatic hydroxyl groups excluding tert-OH is 2. The van der Waals surface area contributed by atoms with Crippen LogP contribution in [0.25, 0.3) is 0 Å². The third-order valence-electron chi connectivity index (χ3n) is 9.53. The number of hydrogen-bond acceptors (Lipinski definition) is 8. The van der Waals surface area contributed by atoms with Crippen molar-refractivity contribution in [3.05, 3.63) is 144 Å². The lowest BCUT2D eigenvalue weighted by atomic mass is 9.85. The zero-order valence-electron chi connectivity index (χ0n) is 31.0. The molecule has 0 heterocycles. The van der Waals surface area contributed by atoms with Crippen LogP contribution in [0.4, 0.5) is 0 Å². The summed E-state index contributed by atoms with van der Waals surface area (Å²) in [7, 11) is 2.89. The van der Waals surface area contributed by atoms with Gasteiger partial charge in [0.2, 0.25) is 11.8 Å².